The molecule has 1 aliphatic heterocycles. The van der Waals surface area contributed by atoms with Crippen LogP contribution in [0.2, 0.25) is 0 Å². The quantitative estimate of drug-likeness (QED) is 0.852. The van der Waals surface area contributed by atoms with Gasteiger partial charge in [-0.3, -0.25) is 0 Å². The number of nitrogens with zero attached hydrogens (tertiary/aromatic N) is 3. The number of aromatic nitrogens is 1. The molecule has 90 valence electrons. The number of hydrogen-bond acceptors (Lipinski definition) is 4. The first-order valence-electron chi connectivity index (χ1n) is 6.07. The molecule has 0 spiro atoms. The Hall–Kier alpha value is -1.60. The van der Waals surface area contributed by atoms with Crippen LogP contribution in [0.3, 0.4) is 0 Å². The van der Waals surface area contributed by atoms with E-state index in [2.05, 4.69) is 21.3 Å². The SMILES string of the molecule is CN(C[C@H]1CCCNC1)c1cc(C#N)ccn1. The highest BCUT2D eigenvalue weighted by Gasteiger charge is 2.15. The van der Waals surface area contributed by atoms with Gasteiger partial charge in [0.25, 0.3) is 0 Å². The highest BCUT2D eigenvalue weighted by atomic mass is 15.2. The summed E-state index contributed by atoms with van der Waals surface area (Å²) in [7, 11) is 2.04. The van der Waals surface area contributed by atoms with Gasteiger partial charge in [-0.2, -0.15) is 5.26 Å². The van der Waals surface area contributed by atoms with Crippen LogP contribution >= 0.6 is 0 Å². The average Bonchev–Trinajstić information content (AvgIpc) is 2.40. The first kappa shape index (κ1) is 11.9. The molecule has 17 heavy (non-hydrogen) atoms. The van der Waals surface area contributed by atoms with Crippen LogP contribution < -0.4 is 10.2 Å². The van der Waals surface area contributed by atoms with Gasteiger partial charge >= 0.3 is 0 Å². The zero-order valence-corrected chi connectivity index (χ0v) is 10.2. The van der Waals surface area contributed by atoms with Gasteiger partial charge in [-0.05, 0) is 44.0 Å². The lowest BCUT2D eigenvalue weighted by atomic mass is 9.99. The number of nitrogens with one attached hydrogen (secondary N) is 1. The number of anilines is 1. The second-order valence-electron chi connectivity index (χ2n) is 4.61. The molecule has 0 radical (unpaired) electrons. The van der Waals surface area contributed by atoms with E-state index in [1.165, 1.54) is 12.8 Å². The van der Waals surface area contributed by atoms with Crippen LogP contribution in [0.25, 0.3) is 0 Å². The van der Waals surface area contributed by atoms with Crippen LogP contribution in [0.15, 0.2) is 18.3 Å². The second-order valence-corrected chi connectivity index (χ2v) is 4.61. The minimum absolute atomic E-state index is 0.670. The summed E-state index contributed by atoms with van der Waals surface area (Å²) in [5.41, 5.74) is 0.670. The molecule has 0 unspecified atom stereocenters. The number of rotatable bonds is 3. The molecule has 0 amide bonds. The van der Waals surface area contributed by atoms with E-state index < -0.39 is 0 Å². The maximum Gasteiger partial charge on any atom is 0.129 e. The Bertz CT molecular complexity index is 404. The lowest BCUT2D eigenvalue weighted by Crippen LogP contribution is -2.37. The van der Waals surface area contributed by atoms with Gasteiger partial charge < -0.3 is 10.2 Å². The van der Waals surface area contributed by atoms with Crippen LogP contribution in [-0.4, -0.2) is 31.7 Å². The fourth-order valence-electron chi connectivity index (χ4n) is 2.26. The van der Waals surface area contributed by atoms with Gasteiger partial charge in [-0.25, -0.2) is 4.98 Å². The van der Waals surface area contributed by atoms with Crippen LogP contribution in [0.1, 0.15) is 18.4 Å². The molecule has 2 heterocycles. The number of nitriles is 1. The van der Waals surface area contributed by atoms with E-state index in [-0.39, 0.29) is 0 Å². The Labute approximate surface area is 102 Å². The van der Waals surface area contributed by atoms with Crippen LogP contribution in [0, 0.1) is 17.2 Å². The van der Waals surface area contributed by atoms with Crippen molar-refractivity contribution in [2.24, 2.45) is 5.92 Å². The second kappa shape index (κ2) is 5.65. The van der Waals surface area contributed by atoms with E-state index in [9.17, 15) is 0 Å². The van der Waals surface area contributed by atoms with Crippen molar-refractivity contribution in [2.45, 2.75) is 12.8 Å². The summed E-state index contributed by atoms with van der Waals surface area (Å²) in [5.74, 6) is 1.57. The normalized spacial score (nSPS) is 19.6. The molecule has 0 bridgehead atoms. The summed E-state index contributed by atoms with van der Waals surface area (Å²) in [6, 6.07) is 5.73. The third kappa shape index (κ3) is 3.18. The first-order valence-corrected chi connectivity index (χ1v) is 6.07. The van der Waals surface area contributed by atoms with Crippen molar-refractivity contribution in [3.05, 3.63) is 23.9 Å². The summed E-state index contributed by atoms with van der Waals surface area (Å²) >= 11 is 0. The molecular weight excluding hydrogens is 212 g/mol. The van der Waals surface area contributed by atoms with Gasteiger partial charge in [-0.1, -0.05) is 0 Å². The molecule has 4 heteroatoms. The minimum Gasteiger partial charge on any atom is -0.359 e. The summed E-state index contributed by atoms with van der Waals surface area (Å²) in [6.45, 7) is 3.22. The number of piperidine rings is 1. The molecule has 0 saturated carbocycles. The number of pyridine rings is 1. The third-order valence-electron chi connectivity index (χ3n) is 3.20. The molecule has 1 N–H and O–H groups in total. The maximum atomic E-state index is 8.86. The largest absolute Gasteiger partial charge is 0.359 e. The van der Waals surface area contributed by atoms with Crippen molar-refractivity contribution in [1.82, 2.24) is 10.3 Å². The topological polar surface area (TPSA) is 52.0 Å². The van der Waals surface area contributed by atoms with Crippen molar-refractivity contribution >= 4 is 5.82 Å². The fourth-order valence-corrected chi connectivity index (χ4v) is 2.26. The van der Waals surface area contributed by atoms with Gasteiger partial charge in [0.1, 0.15) is 5.82 Å². The Morgan fingerprint density at radius 3 is 3.24 bits per heavy atom. The van der Waals surface area contributed by atoms with Crippen molar-refractivity contribution < 1.29 is 0 Å². The van der Waals surface area contributed by atoms with Crippen molar-refractivity contribution in [3.8, 4) is 6.07 Å². The molecule has 1 aromatic heterocycles. The van der Waals surface area contributed by atoms with E-state index in [0.29, 0.717) is 11.5 Å². The van der Waals surface area contributed by atoms with Gasteiger partial charge in [-0.15, -0.1) is 0 Å². The molecule has 0 aromatic carbocycles. The molecule has 1 fully saturated rings. The monoisotopic (exact) mass is 230 g/mol. The van der Waals surface area contributed by atoms with E-state index >= 15 is 0 Å². The van der Waals surface area contributed by atoms with Crippen molar-refractivity contribution in [1.29, 1.82) is 5.26 Å². The Balaban J connectivity index is 1.98. The van der Waals surface area contributed by atoms with E-state index in [0.717, 1.165) is 25.5 Å². The highest BCUT2D eigenvalue weighted by Crippen LogP contribution is 2.16. The zero-order chi connectivity index (χ0) is 12.1. The molecule has 4 nitrogen and oxygen atoms in total. The summed E-state index contributed by atoms with van der Waals surface area (Å²) in [5, 5.41) is 12.3. The van der Waals surface area contributed by atoms with E-state index in [4.69, 9.17) is 5.26 Å². The van der Waals surface area contributed by atoms with E-state index in [1.807, 2.05) is 13.1 Å². The van der Waals surface area contributed by atoms with Crippen molar-refractivity contribution in [2.75, 3.05) is 31.6 Å². The molecule has 1 atom stereocenters. The molecule has 1 saturated heterocycles. The minimum atomic E-state index is 0.670. The van der Waals surface area contributed by atoms with Crippen LogP contribution in [0.5, 0.6) is 0 Å². The third-order valence-corrected chi connectivity index (χ3v) is 3.20. The summed E-state index contributed by atoms with van der Waals surface area (Å²) in [4.78, 5) is 6.44. The van der Waals surface area contributed by atoms with Gasteiger partial charge in [0.05, 0.1) is 11.6 Å². The average molecular weight is 230 g/mol. The number of hydrogen-bond donors (Lipinski definition) is 1. The Morgan fingerprint density at radius 1 is 1.65 bits per heavy atom. The first-order chi connectivity index (χ1) is 8.29. The standard InChI is InChI=1S/C13H18N4/c1-17(10-12-3-2-5-15-9-12)13-7-11(8-14)4-6-16-13/h4,6-7,12,15H,2-3,5,9-10H2,1H3/t12-/m0/s1. The zero-order valence-electron chi connectivity index (χ0n) is 10.2. The molecular formula is C13H18N4. The molecule has 2 rings (SSSR count). The van der Waals surface area contributed by atoms with Crippen molar-refractivity contribution in [3.63, 3.8) is 0 Å². The fraction of sp³-hybridized carbons (Fsp3) is 0.538. The summed E-state index contributed by atoms with van der Waals surface area (Å²) < 4.78 is 0. The molecule has 1 aromatic rings. The van der Waals surface area contributed by atoms with Gasteiger partial charge in [0.2, 0.25) is 0 Å². The Morgan fingerprint density at radius 2 is 2.53 bits per heavy atom. The summed E-state index contributed by atoms with van der Waals surface area (Å²) in [6.07, 6.45) is 4.23. The van der Waals surface area contributed by atoms with Crippen LogP contribution in [-0.2, 0) is 0 Å². The highest BCUT2D eigenvalue weighted by molar-refractivity contribution is 5.44. The maximum absolute atomic E-state index is 8.86. The van der Waals surface area contributed by atoms with Gasteiger partial charge in [0.15, 0.2) is 0 Å². The predicted octanol–water partition coefficient (Wildman–Crippen LogP) is 1.39. The van der Waals surface area contributed by atoms with E-state index in [1.54, 1.807) is 12.3 Å². The lowest BCUT2D eigenvalue weighted by Gasteiger charge is -2.28. The molecule has 0 aliphatic carbocycles. The molecule has 1 aliphatic rings. The van der Waals surface area contributed by atoms with Gasteiger partial charge in [0, 0.05) is 19.8 Å². The Kier molecular flexibility index (Phi) is 3.94. The smallest absolute Gasteiger partial charge is 0.129 e. The predicted molar refractivity (Wildman–Crippen MR) is 67.8 cm³/mol. The lowest BCUT2D eigenvalue weighted by molar-refractivity contribution is 0.380. The van der Waals surface area contributed by atoms with Crippen LogP contribution in [0.4, 0.5) is 5.82 Å².